The lowest BCUT2D eigenvalue weighted by atomic mass is 10.1. The van der Waals surface area contributed by atoms with Crippen molar-refractivity contribution in [3.8, 4) is 5.75 Å². The summed E-state index contributed by atoms with van der Waals surface area (Å²) in [5, 5.41) is 9.03. The molecule has 1 N–H and O–H groups in total. The number of ether oxygens (including phenoxy) is 2. The summed E-state index contributed by atoms with van der Waals surface area (Å²) in [6.07, 6.45) is 0. The van der Waals surface area contributed by atoms with Gasteiger partial charge in [-0.25, -0.2) is 0 Å². The van der Waals surface area contributed by atoms with E-state index in [1.54, 1.807) is 0 Å². The molecule has 15 heavy (non-hydrogen) atoms. The van der Waals surface area contributed by atoms with Crippen molar-refractivity contribution < 1.29 is 14.6 Å². The average Bonchev–Trinajstić information content (AvgIpc) is 2.22. The molecule has 0 saturated heterocycles. The molecule has 0 atom stereocenters. The zero-order chi connectivity index (χ0) is 11.3. The molecule has 0 amide bonds. The first-order chi connectivity index (χ1) is 7.19. The third-order valence-electron chi connectivity index (χ3n) is 2.19. The number of aliphatic hydroxyl groups excluding tert-OH is 1. The van der Waals surface area contributed by atoms with E-state index in [0.29, 0.717) is 6.61 Å². The molecule has 0 saturated carbocycles. The summed E-state index contributed by atoms with van der Waals surface area (Å²) in [4.78, 5) is 0. The molecule has 0 aliphatic heterocycles. The molecule has 0 fully saturated rings. The quantitative estimate of drug-likeness (QED) is 0.598. The fourth-order valence-electron chi connectivity index (χ4n) is 1.54. The van der Waals surface area contributed by atoms with Crippen molar-refractivity contribution in [3.63, 3.8) is 0 Å². The van der Waals surface area contributed by atoms with Gasteiger partial charge in [0, 0.05) is 6.61 Å². The van der Waals surface area contributed by atoms with Crippen molar-refractivity contribution in [3.05, 3.63) is 28.8 Å². The lowest BCUT2D eigenvalue weighted by molar-refractivity contribution is 0.0215. The second-order valence-electron chi connectivity index (χ2n) is 3.47. The molecule has 1 rings (SSSR count). The highest BCUT2D eigenvalue weighted by Gasteiger charge is 2.05. The minimum absolute atomic E-state index is 0.0629. The standard InChI is InChI=1S/C12H18O3/c1-4-14-8-15-12-9(2)5-11(7-13)6-10(12)3/h5-6,13H,4,7-8H2,1-3H3. The molecule has 3 nitrogen and oxygen atoms in total. The number of aliphatic hydroxyl groups is 1. The van der Waals surface area contributed by atoms with E-state index in [4.69, 9.17) is 14.6 Å². The van der Waals surface area contributed by atoms with Crippen LogP contribution in [0.5, 0.6) is 5.75 Å². The molecular formula is C12H18O3. The first kappa shape index (κ1) is 12.0. The molecule has 0 aromatic heterocycles. The molecule has 0 aliphatic rings. The van der Waals surface area contributed by atoms with E-state index in [0.717, 1.165) is 22.4 Å². The van der Waals surface area contributed by atoms with Crippen LogP contribution in [0.3, 0.4) is 0 Å². The van der Waals surface area contributed by atoms with Gasteiger partial charge in [-0.3, -0.25) is 0 Å². The minimum atomic E-state index is 0.0629. The summed E-state index contributed by atoms with van der Waals surface area (Å²) in [5.41, 5.74) is 2.96. The van der Waals surface area contributed by atoms with Crippen molar-refractivity contribution in [2.24, 2.45) is 0 Å². The second kappa shape index (κ2) is 5.73. The first-order valence-corrected chi connectivity index (χ1v) is 5.10. The van der Waals surface area contributed by atoms with E-state index >= 15 is 0 Å². The van der Waals surface area contributed by atoms with Crippen LogP contribution >= 0.6 is 0 Å². The Balaban J connectivity index is 2.79. The Morgan fingerprint density at radius 2 is 1.80 bits per heavy atom. The summed E-state index contributed by atoms with van der Waals surface area (Å²) in [7, 11) is 0. The van der Waals surface area contributed by atoms with Crippen LogP contribution in [0.25, 0.3) is 0 Å². The van der Waals surface area contributed by atoms with E-state index in [9.17, 15) is 0 Å². The number of hydrogen-bond acceptors (Lipinski definition) is 3. The molecular weight excluding hydrogens is 192 g/mol. The van der Waals surface area contributed by atoms with Gasteiger partial charge in [0.2, 0.25) is 0 Å². The van der Waals surface area contributed by atoms with Crippen molar-refractivity contribution in [1.29, 1.82) is 0 Å². The molecule has 0 spiro atoms. The van der Waals surface area contributed by atoms with E-state index in [1.807, 2.05) is 32.9 Å². The maximum Gasteiger partial charge on any atom is 0.189 e. The molecule has 1 aromatic carbocycles. The van der Waals surface area contributed by atoms with Gasteiger partial charge in [0.05, 0.1) is 6.61 Å². The summed E-state index contributed by atoms with van der Waals surface area (Å²) < 4.78 is 10.6. The van der Waals surface area contributed by atoms with Gasteiger partial charge in [-0.1, -0.05) is 12.1 Å². The van der Waals surface area contributed by atoms with Crippen LogP contribution in [0, 0.1) is 13.8 Å². The summed E-state index contributed by atoms with van der Waals surface area (Å²) in [5.74, 6) is 0.848. The molecule has 0 bridgehead atoms. The first-order valence-electron chi connectivity index (χ1n) is 5.10. The Kier molecular flexibility index (Phi) is 4.59. The summed E-state index contributed by atoms with van der Waals surface area (Å²) in [6, 6.07) is 3.85. The fourth-order valence-corrected chi connectivity index (χ4v) is 1.54. The molecule has 3 heteroatoms. The van der Waals surface area contributed by atoms with Gasteiger partial charge in [-0.2, -0.15) is 0 Å². The van der Waals surface area contributed by atoms with Crippen LogP contribution in [0.4, 0.5) is 0 Å². The van der Waals surface area contributed by atoms with E-state index in [2.05, 4.69) is 0 Å². The van der Waals surface area contributed by atoms with Gasteiger partial charge in [-0.15, -0.1) is 0 Å². The van der Waals surface area contributed by atoms with Gasteiger partial charge in [0.1, 0.15) is 5.75 Å². The second-order valence-corrected chi connectivity index (χ2v) is 3.47. The Morgan fingerprint density at radius 1 is 1.20 bits per heavy atom. The number of rotatable bonds is 5. The topological polar surface area (TPSA) is 38.7 Å². The lowest BCUT2D eigenvalue weighted by Gasteiger charge is -2.13. The Bertz CT molecular complexity index is 298. The van der Waals surface area contributed by atoms with E-state index in [1.165, 1.54) is 0 Å². The Morgan fingerprint density at radius 3 is 2.27 bits per heavy atom. The summed E-state index contributed by atoms with van der Waals surface area (Å²) >= 11 is 0. The van der Waals surface area contributed by atoms with Gasteiger partial charge in [0.15, 0.2) is 6.79 Å². The fraction of sp³-hybridized carbons (Fsp3) is 0.500. The molecule has 0 aliphatic carbocycles. The van der Waals surface area contributed by atoms with Gasteiger partial charge >= 0.3 is 0 Å². The van der Waals surface area contributed by atoms with Crippen molar-refractivity contribution in [2.45, 2.75) is 27.4 Å². The number of hydrogen-bond donors (Lipinski definition) is 1. The van der Waals surface area contributed by atoms with Crippen LogP contribution in [-0.2, 0) is 11.3 Å². The van der Waals surface area contributed by atoms with Crippen molar-refractivity contribution in [2.75, 3.05) is 13.4 Å². The molecule has 0 heterocycles. The monoisotopic (exact) mass is 210 g/mol. The van der Waals surface area contributed by atoms with Gasteiger partial charge < -0.3 is 14.6 Å². The maximum absolute atomic E-state index is 9.03. The van der Waals surface area contributed by atoms with Crippen LogP contribution in [0.2, 0.25) is 0 Å². The SMILES string of the molecule is CCOCOc1c(C)cc(CO)cc1C. The van der Waals surface area contributed by atoms with Crippen LogP contribution in [0.15, 0.2) is 12.1 Å². The molecule has 0 radical (unpaired) electrons. The molecule has 1 aromatic rings. The van der Waals surface area contributed by atoms with E-state index < -0.39 is 0 Å². The smallest absolute Gasteiger partial charge is 0.189 e. The maximum atomic E-state index is 9.03. The predicted molar refractivity (Wildman–Crippen MR) is 59.0 cm³/mol. The van der Waals surface area contributed by atoms with Gasteiger partial charge in [-0.05, 0) is 37.5 Å². The normalized spacial score (nSPS) is 10.4. The summed E-state index contributed by atoms with van der Waals surface area (Å²) in [6.45, 7) is 6.84. The zero-order valence-electron chi connectivity index (χ0n) is 9.54. The Hall–Kier alpha value is -1.06. The average molecular weight is 210 g/mol. The number of benzene rings is 1. The largest absolute Gasteiger partial charge is 0.467 e. The zero-order valence-corrected chi connectivity index (χ0v) is 9.54. The minimum Gasteiger partial charge on any atom is -0.467 e. The lowest BCUT2D eigenvalue weighted by Crippen LogP contribution is -2.05. The van der Waals surface area contributed by atoms with Crippen LogP contribution in [-0.4, -0.2) is 18.5 Å². The predicted octanol–water partition coefficient (Wildman–Crippen LogP) is 2.17. The highest BCUT2D eigenvalue weighted by Crippen LogP contribution is 2.24. The third-order valence-corrected chi connectivity index (χ3v) is 2.19. The van der Waals surface area contributed by atoms with E-state index in [-0.39, 0.29) is 13.4 Å². The highest BCUT2D eigenvalue weighted by atomic mass is 16.7. The highest BCUT2D eigenvalue weighted by molar-refractivity contribution is 5.43. The van der Waals surface area contributed by atoms with Crippen molar-refractivity contribution in [1.82, 2.24) is 0 Å². The third kappa shape index (κ3) is 3.22. The molecule has 0 unspecified atom stereocenters. The van der Waals surface area contributed by atoms with Crippen molar-refractivity contribution >= 4 is 0 Å². The van der Waals surface area contributed by atoms with Crippen LogP contribution < -0.4 is 4.74 Å². The number of aryl methyl sites for hydroxylation is 2. The Labute approximate surface area is 90.6 Å². The van der Waals surface area contributed by atoms with Gasteiger partial charge in [0.25, 0.3) is 0 Å². The molecule has 84 valence electrons. The van der Waals surface area contributed by atoms with Crippen LogP contribution in [0.1, 0.15) is 23.6 Å².